The van der Waals surface area contributed by atoms with E-state index in [0.717, 1.165) is 4.31 Å². The zero-order valence-corrected chi connectivity index (χ0v) is 26.1. The molecule has 12 heteroatoms. The molecule has 3 rings (SSSR count). The quantitative estimate of drug-likeness (QED) is 0.274. The van der Waals surface area contributed by atoms with Gasteiger partial charge in [0.1, 0.15) is 24.1 Å². The normalized spacial score (nSPS) is 11.7. The SMILES string of the molecule is CCOc1ccc(N(CC(=O)N(Cc2cccc(OC)c2)[C@H](CC)C(=O)NC)S(=O)(=O)c2ccc(OC)c(OC)c2)cc1. The van der Waals surface area contributed by atoms with Gasteiger partial charge in [0.05, 0.1) is 38.5 Å². The Kier molecular flexibility index (Phi) is 11.6. The highest BCUT2D eigenvalue weighted by molar-refractivity contribution is 7.92. The molecule has 0 fully saturated rings. The number of nitrogens with one attached hydrogen (secondary N) is 1. The second-order valence-electron chi connectivity index (χ2n) is 9.37. The minimum absolute atomic E-state index is 0.0511. The van der Waals surface area contributed by atoms with Crippen molar-refractivity contribution in [1.29, 1.82) is 0 Å². The fourth-order valence-corrected chi connectivity index (χ4v) is 5.99. The minimum atomic E-state index is -4.32. The van der Waals surface area contributed by atoms with E-state index >= 15 is 0 Å². The van der Waals surface area contributed by atoms with E-state index in [4.69, 9.17) is 18.9 Å². The summed E-state index contributed by atoms with van der Waals surface area (Å²) in [5.74, 6) is 0.763. The van der Waals surface area contributed by atoms with E-state index < -0.39 is 28.5 Å². The van der Waals surface area contributed by atoms with Crippen LogP contribution in [0.25, 0.3) is 0 Å². The van der Waals surface area contributed by atoms with Crippen molar-refractivity contribution in [3.8, 4) is 23.0 Å². The molecular weight excluding hydrogens is 574 g/mol. The molecule has 0 saturated carbocycles. The zero-order valence-electron chi connectivity index (χ0n) is 25.3. The average Bonchev–Trinajstić information content (AvgIpc) is 3.03. The van der Waals surface area contributed by atoms with Gasteiger partial charge in [-0.3, -0.25) is 13.9 Å². The molecule has 3 aromatic rings. The van der Waals surface area contributed by atoms with Crippen LogP contribution in [0, 0.1) is 0 Å². The Balaban J connectivity index is 2.11. The van der Waals surface area contributed by atoms with Crippen LogP contribution in [0.5, 0.6) is 23.0 Å². The van der Waals surface area contributed by atoms with Crippen molar-refractivity contribution in [2.75, 3.05) is 45.8 Å². The summed E-state index contributed by atoms with van der Waals surface area (Å²) in [5.41, 5.74) is 0.950. The summed E-state index contributed by atoms with van der Waals surface area (Å²) < 4.78 is 50.8. The highest BCUT2D eigenvalue weighted by atomic mass is 32.2. The second-order valence-corrected chi connectivity index (χ2v) is 11.2. The van der Waals surface area contributed by atoms with Crippen LogP contribution < -0.4 is 28.6 Å². The Hall–Kier alpha value is -4.45. The van der Waals surface area contributed by atoms with Crippen LogP contribution in [-0.4, -0.2) is 72.7 Å². The van der Waals surface area contributed by atoms with Crippen LogP contribution in [0.4, 0.5) is 5.69 Å². The van der Waals surface area contributed by atoms with Crippen molar-refractivity contribution in [1.82, 2.24) is 10.2 Å². The summed E-state index contributed by atoms with van der Waals surface area (Å²) in [7, 11) is 1.57. The molecule has 0 bridgehead atoms. The molecule has 0 aliphatic rings. The standard InChI is InChI=1S/C31H39N3O8S/c1-7-27(31(36)32-3)33(20-22-10-9-11-25(18-22)39-4)30(35)21-34(23-12-14-24(15-13-23)42-8-2)43(37,38)26-16-17-28(40-5)29(19-26)41-6/h9-19,27H,7-8,20-21H2,1-6H3,(H,32,36)/t27-/m1/s1. The Morgan fingerprint density at radius 2 is 1.56 bits per heavy atom. The van der Waals surface area contributed by atoms with Gasteiger partial charge in [-0.25, -0.2) is 8.42 Å². The monoisotopic (exact) mass is 613 g/mol. The number of hydrogen-bond acceptors (Lipinski definition) is 8. The molecular formula is C31H39N3O8S. The third kappa shape index (κ3) is 7.89. The van der Waals surface area contributed by atoms with Gasteiger partial charge in [0, 0.05) is 19.7 Å². The summed E-state index contributed by atoms with van der Waals surface area (Å²) >= 11 is 0. The molecule has 43 heavy (non-hydrogen) atoms. The Labute approximate surface area is 253 Å². The lowest BCUT2D eigenvalue weighted by Crippen LogP contribution is -2.51. The smallest absolute Gasteiger partial charge is 0.264 e. The van der Waals surface area contributed by atoms with Crippen LogP contribution in [0.1, 0.15) is 25.8 Å². The number of hydrogen-bond donors (Lipinski definition) is 1. The van der Waals surface area contributed by atoms with Gasteiger partial charge in [-0.15, -0.1) is 0 Å². The van der Waals surface area contributed by atoms with Gasteiger partial charge >= 0.3 is 0 Å². The maximum absolute atomic E-state index is 14.2. The molecule has 0 saturated heterocycles. The van der Waals surface area contributed by atoms with Gasteiger partial charge in [-0.2, -0.15) is 0 Å². The Bertz CT molecular complexity index is 1500. The minimum Gasteiger partial charge on any atom is -0.497 e. The highest BCUT2D eigenvalue weighted by Crippen LogP contribution is 2.33. The third-order valence-corrected chi connectivity index (χ3v) is 8.55. The first-order valence-corrected chi connectivity index (χ1v) is 15.2. The van der Waals surface area contributed by atoms with E-state index in [1.807, 2.05) is 13.0 Å². The molecule has 0 aliphatic heterocycles. The predicted molar refractivity (Wildman–Crippen MR) is 163 cm³/mol. The molecule has 3 aromatic carbocycles. The molecule has 0 unspecified atom stereocenters. The van der Waals surface area contributed by atoms with Crippen LogP contribution in [-0.2, 0) is 26.2 Å². The van der Waals surface area contributed by atoms with Crippen molar-refractivity contribution < 1.29 is 37.0 Å². The van der Waals surface area contributed by atoms with Crippen LogP contribution in [0.3, 0.4) is 0 Å². The Morgan fingerprint density at radius 1 is 0.860 bits per heavy atom. The van der Waals surface area contributed by atoms with Gasteiger partial charge in [-0.1, -0.05) is 19.1 Å². The first-order chi connectivity index (χ1) is 20.6. The molecule has 0 aliphatic carbocycles. The number of nitrogens with zero attached hydrogens (tertiary/aromatic N) is 2. The van der Waals surface area contributed by atoms with E-state index in [0.29, 0.717) is 35.8 Å². The van der Waals surface area contributed by atoms with E-state index in [9.17, 15) is 18.0 Å². The van der Waals surface area contributed by atoms with Gasteiger partial charge in [0.25, 0.3) is 10.0 Å². The molecule has 11 nitrogen and oxygen atoms in total. The van der Waals surface area contributed by atoms with Gasteiger partial charge in [-0.05, 0) is 67.4 Å². The maximum atomic E-state index is 14.2. The Morgan fingerprint density at radius 3 is 2.14 bits per heavy atom. The highest BCUT2D eigenvalue weighted by Gasteiger charge is 2.34. The lowest BCUT2D eigenvalue weighted by Gasteiger charge is -2.33. The lowest BCUT2D eigenvalue weighted by molar-refractivity contribution is -0.140. The molecule has 0 aromatic heterocycles. The number of benzene rings is 3. The maximum Gasteiger partial charge on any atom is 0.264 e. The average molecular weight is 614 g/mol. The number of ether oxygens (including phenoxy) is 4. The summed E-state index contributed by atoms with van der Waals surface area (Å²) in [4.78, 5) is 28.3. The van der Waals surface area contributed by atoms with Crippen LogP contribution >= 0.6 is 0 Å². The molecule has 2 amide bonds. The fourth-order valence-electron chi connectivity index (χ4n) is 4.56. The molecule has 0 heterocycles. The van der Waals surface area contributed by atoms with E-state index in [1.165, 1.54) is 51.5 Å². The molecule has 1 N–H and O–H groups in total. The largest absolute Gasteiger partial charge is 0.497 e. The number of likely N-dealkylation sites (N-methyl/N-ethyl adjacent to an activating group) is 1. The summed E-state index contributed by atoms with van der Waals surface area (Å²) in [6.45, 7) is 3.53. The van der Waals surface area contributed by atoms with Gasteiger partial charge < -0.3 is 29.2 Å². The zero-order chi connectivity index (χ0) is 31.6. The second kappa shape index (κ2) is 15.1. The van der Waals surface area contributed by atoms with E-state index in [-0.39, 0.29) is 28.8 Å². The van der Waals surface area contributed by atoms with Crippen molar-refractivity contribution >= 4 is 27.5 Å². The van der Waals surface area contributed by atoms with Gasteiger partial charge in [0.15, 0.2) is 11.5 Å². The number of anilines is 1. The molecule has 0 spiro atoms. The summed E-state index contributed by atoms with van der Waals surface area (Å²) in [6, 6.07) is 16.9. The first kappa shape index (κ1) is 33.1. The van der Waals surface area contributed by atoms with E-state index in [2.05, 4.69) is 5.32 Å². The summed E-state index contributed by atoms with van der Waals surface area (Å²) in [6.07, 6.45) is 0.306. The predicted octanol–water partition coefficient (Wildman–Crippen LogP) is 3.86. The van der Waals surface area contributed by atoms with Crippen molar-refractivity contribution in [3.63, 3.8) is 0 Å². The lowest BCUT2D eigenvalue weighted by atomic mass is 10.1. The number of carbonyl (C=O) groups excluding carboxylic acids is 2. The molecule has 232 valence electrons. The number of sulfonamides is 1. The topological polar surface area (TPSA) is 124 Å². The fraction of sp³-hybridized carbons (Fsp3) is 0.355. The van der Waals surface area contributed by atoms with Crippen molar-refractivity contribution in [2.24, 2.45) is 0 Å². The number of rotatable bonds is 15. The molecule has 0 radical (unpaired) electrons. The molecule has 1 atom stereocenters. The number of amides is 2. The third-order valence-electron chi connectivity index (χ3n) is 6.78. The summed E-state index contributed by atoms with van der Waals surface area (Å²) in [5, 5.41) is 2.61. The van der Waals surface area contributed by atoms with Crippen LogP contribution in [0.2, 0.25) is 0 Å². The number of methoxy groups -OCH3 is 3. The van der Waals surface area contributed by atoms with Crippen molar-refractivity contribution in [2.45, 2.75) is 37.8 Å². The van der Waals surface area contributed by atoms with Gasteiger partial charge in [0.2, 0.25) is 11.8 Å². The van der Waals surface area contributed by atoms with E-state index in [1.54, 1.807) is 49.4 Å². The van der Waals surface area contributed by atoms with Crippen LogP contribution in [0.15, 0.2) is 71.6 Å². The first-order valence-electron chi connectivity index (χ1n) is 13.7. The number of carbonyl (C=O) groups is 2. The van der Waals surface area contributed by atoms with Crippen molar-refractivity contribution in [3.05, 3.63) is 72.3 Å².